The first-order valence-corrected chi connectivity index (χ1v) is 4.96. The zero-order valence-electron chi connectivity index (χ0n) is 8.73. The van der Waals surface area contributed by atoms with Gasteiger partial charge in [-0.05, 0) is 26.0 Å². The zero-order chi connectivity index (χ0) is 10.4. The molecule has 0 aliphatic carbocycles. The molecule has 1 heterocycles. The number of nitrogens with zero attached hydrogens (tertiary/aromatic N) is 2. The Morgan fingerprint density at radius 2 is 2.07 bits per heavy atom. The number of carbonyl (C=O) groups excluding carboxylic acids is 1. The summed E-state index contributed by atoms with van der Waals surface area (Å²) in [5, 5.41) is 0. The Labute approximate surface area is 84.8 Å². The molecule has 0 N–H and O–H groups in total. The summed E-state index contributed by atoms with van der Waals surface area (Å²) < 4.78 is 0. The number of hydrogen-bond donors (Lipinski definition) is 0. The van der Waals surface area contributed by atoms with Crippen LogP contribution in [0.5, 0.6) is 0 Å². The first-order valence-electron chi connectivity index (χ1n) is 4.96. The van der Waals surface area contributed by atoms with E-state index >= 15 is 0 Å². The van der Waals surface area contributed by atoms with Gasteiger partial charge in [0.25, 0.3) is 0 Å². The van der Waals surface area contributed by atoms with Gasteiger partial charge in [-0.15, -0.1) is 0 Å². The van der Waals surface area contributed by atoms with Crippen molar-refractivity contribution in [3.05, 3.63) is 23.9 Å². The molecule has 0 saturated heterocycles. The fraction of sp³-hybridized carbons (Fsp3) is 0.455. The third-order valence-corrected chi connectivity index (χ3v) is 2.17. The van der Waals surface area contributed by atoms with Crippen LogP contribution in [0.25, 0.3) is 0 Å². The normalized spacial score (nSPS) is 9.86. The van der Waals surface area contributed by atoms with Crippen LogP contribution >= 0.6 is 0 Å². The maximum atomic E-state index is 10.3. The molecule has 3 heteroatoms. The molecule has 0 aliphatic heterocycles. The van der Waals surface area contributed by atoms with Gasteiger partial charge in [0, 0.05) is 25.2 Å². The summed E-state index contributed by atoms with van der Waals surface area (Å²) in [5.74, 6) is 0.953. The maximum absolute atomic E-state index is 10.3. The van der Waals surface area contributed by atoms with Crippen molar-refractivity contribution >= 4 is 12.1 Å². The Hall–Kier alpha value is -1.38. The molecule has 1 aromatic rings. The molecule has 0 saturated carbocycles. The molecule has 76 valence electrons. The van der Waals surface area contributed by atoms with Gasteiger partial charge in [0.1, 0.15) is 12.1 Å². The Bertz CT molecular complexity index is 295. The minimum atomic E-state index is 0.398. The van der Waals surface area contributed by atoms with Crippen molar-refractivity contribution < 1.29 is 4.79 Å². The van der Waals surface area contributed by atoms with Crippen molar-refractivity contribution in [2.45, 2.75) is 20.3 Å². The van der Waals surface area contributed by atoms with Gasteiger partial charge in [0.2, 0.25) is 0 Å². The first kappa shape index (κ1) is 10.7. The van der Waals surface area contributed by atoms with Gasteiger partial charge >= 0.3 is 0 Å². The second-order valence-electron chi connectivity index (χ2n) is 3.03. The van der Waals surface area contributed by atoms with Gasteiger partial charge in [-0.25, -0.2) is 4.98 Å². The average molecular weight is 192 g/mol. The summed E-state index contributed by atoms with van der Waals surface area (Å²) in [4.78, 5) is 16.9. The van der Waals surface area contributed by atoms with Crippen molar-refractivity contribution in [2.24, 2.45) is 0 Å². The number of anilines is 1. The summed E-state index contributed by atoms with van der Waals surface area (Å²) in [6, 6.07) is 5.79. The third-order valence-electron chi connectivity index (χ3n) is 2.17. The predicted molar refractivity (Wildman–Crippen MR) is 57.6 cm³/mol. The van der Waals surface area contributed by atoms with Crippen molar-refractivity contribution in [1.29, 1.82) is 0 Å². The largest absolute Gasteiger partial charge is 0.357 e. The van der Waals surface area contributed by atoms with Crippen LogP contribution in [0.3, 0.4) is 0 Å². The fourth-order valence-corrected chi connectivity index (χ4v) is 1.39. The zero-order valence-corrected chi connectivity index (χ0v) is 8.73. The monoisotopic (exact) mass is 192 g/mol. The van der Waals surface area contributed by atoms with Crippen molar-refractivity contribution in [3.8, 4) is 0 Å². The van der Waals surface area contributed by atoms with E-state index in [0.717, 1.165) is 30.9 Å². The molecular formula is C11H16N2O. The van der Waals surface area contributed by atoms with Crippen LogP contribution in [0.1, 0.15) is 19.5 Å². The molecule has 1 rings (SSSR count). The lowest BCUT2D eigenvalue weighted by molar-refractivity contribution is -0.107. The second-order valence-corrected chi connectivity index (χ2v) is 3.03. The van der Waals surface area contributed by atoms with E-state index in [1.807, 2.05) is 18.2 Å². The van der Waals surface area contributed by atoms with Crippen LogP contribution in [0.4, 0.5) is 5.82 Å². The Kier molecular flexibility index (Phi) is 4.11. The summed E-state index contributed by atoms with van der Waals surface area (Å²) in [6.45, 7) is 6.07. The van der Waals surface area contributed by atoms with Crippen LogP contribution in [0.2, 0.25) is 0 Å². The summed E-state index contributed by atoms with van der Waals surface area (Å²) in [6.07, 6.45) is 1.28. The van der Waals surface area contributed by atoms with E-state index in [0.29, 0.717) is 6.42 Å². The minimum absolute atomic E-state index is 0.398. The van der Waals surface area contributed by atoms with Crippen molar-refractivity contribution in [2.75, 3.05) is 18.0 Å². The number of aldehydes is 1. The molecule has 0 aromatic carbocycles. The van der Waals surface area contributed by atoms with Crippen LogP contribution in [0, 0.1) is 0 Å². The smallest absolute Gasteiger partial charge is 0.128 e. The molecule has 0 radical (unpaired) electrons. The summed E-state index contributed by atoms with van der Waals surface area (Å²) in [5.41, 5.74) is 0.837. The number of carbonyl (C=O) groups is 1. The van der Waals surface area contributed by atoms with E-state index in [-0.39, 0.29) is 0 Å². The first-order chi connectivity index (χ1) is 6.81. The van der Waals surface area contributed by atoms with Gasteiger partial charge in [0.05, 0.1) is 0 Å². The van der Waals surface area contributed by atoms with Crippen LogP contribution in [-0.4, -0.2) is 24.4 Å². The molecule has 0 bridgehead atoms. The fourth-order valence-electron chi connectivity index (χ4n) is 1.39. The Morgan fingerprint density at radius 3 is 2.64 bits per heavy atom. The Morgan fingerprint density at radius 1 is 1.36 bits per heavy atom. The van der Waals surface area contributed by atoms with E-state index in [1.165, 1.54) is 0 Å². The molecular weight excluding hydrogens is 176 g/mol. The molecule has 0 amide bonds. The van der Waals surface area contributed by atoms with Gasteiger partial charge in [-0.3, -0.25) is 0 Å². The number of pyridine rings is 1. The van der Waals surface area contributed by atoms with E-state index < -0.39 is 0 Å². The third kappa shape index (κ3) is 2.55. The summed E-state index contributed by atoms with van der Waals surface area (Å²) >= 11 is 0. The Balaban J connectivity index is 2.86. The van der Waals surface area contributed by atoms with Gasteiger partial charge in [0.15, 0.2) is 0 Å². The van der Waals surface area contributed by atoms with Crippen molar-refractivity contribution in [1.82, 2.24) is 4.98 Å². The molecule has 0 unspecified atom stereocenters. The molecule has 3 nitrogen and oxygen atoms in total. The van der Waals surface area contributed by atoms with Crippen LogP contribution in [0.15, 0.2) is 18.2 Å². The number of aromatic nitrogens is 1. The quantitative estimate of drug-likeness (QED) is 0.665. The van der Waals surface area contributed by atoms with Gasteiger partial charge in [-0.2, -0.15) is 0 Å². The average Bonchev–Trinajstić information content (AvgIpc) is 2.21. The van der Waals surface area contributed by atoms with Gasteiger partial charge < -0.3 is 9.69 Å². The lowest BCUT2D eigenvalue weighted by atomic mass is 10.3. The molecule has 14 heavy (non-hydrogen) atoms. The molecule has 0 aliphatic rings. The van der Waals surface area contributed by atoms with Gasteiger partial charge in [-0.1, -0.05) is 6.07 Å². The second kappa shape index (κ2) is 5.37. The van der Waals surface area contributed by atoms with E-state index in [4.69, 9.17) is 0 Å². The van der Waals surface area contributed by atoms with E-state index in [1.54, 1.807) is 0 Å². The number of hydrogen-bond acceptors (Lipinski definition) is 3. The maximum Gasteiger partial charge on any atom is 0.128 e. The standard InChI is InChI=1S/C11H16N2O/c1-3-13(4-2)11-7-5-6-10(12-11)8-9-14/h5-7,9H,3-4,8H2,1-2H3. The van der Waals surface area contributed by atoms with Crippen LogP contribution in [-0.2, 0) is 11.2 Å². The molecule has 0 atom stereocenters. The minimum Gasteiger partial charge on any atom is -0.357 e. The molecule has 1 aromatic heterocycles. The molecule has 0 spiro atoms. The van der Waals surface area contributed by atoms with Crippen molar-refractivity contribution in [3.63, 3.8) is 0 Å². The summed E-state index contributed by atoms with van der Waals surface area (Å²) in [7, 11) is 0. The highest BCUT2D eigenvalue weighted by atomic mass is 16.1. The SMILES string of the molecule is CCN(CC)c1cccc(CC=O)n1. The predicted octanol–water partition coefficient (Wildman–Crippen LogP) is 1.67. The molecule has 0 fully saturated rings. The van der Waals surface area contributed by atoms with Crippen LogP contribution < -0.4 is 4.90 Å². The lowest BCUT2D eigenvalue weighted by Gasteiger charge is -2.19. The topological polar surface area (TPSA) is 33.2 Å². The lowest BCUT2D eigenvalue weighted by Crippen LogP contribution is -2.23. The highest BCUT2D eigenvalue weighted by molar-refractivity contribution is 5.54. The highest BCUT2D eigenvalue weighted by Crippen LogP contribution is 2.10. The number of rotatable bonds is 5. The van der Waals surface area contributed by atoms with E-state index in [2.05, 4.69) is 23.7 Å². The highest BCUT2D eigenvalue weighted by Gasteiger charge is 2.03. The van der Waals surface area contributed by atoms with E-state index in [9.17, 15) is 4.79 Å².